The van der Waals surface area contributed by atoms with Gasteiger partial charge < -0.3 is 9.73 Å². The van der Waals surface area contributed by atoms with Crippen molar-refractivity contribution in [3.8, 4) is 11.5 Å². The molecular formula is C19H20N2O2. The van der Waals surface area contributed by atoms with Crippen molar-refractivity contribution < 1.29 is 9.21 Å². The summed E-state index contributed by atoms with van der Waals surface area (Å²) in [6.45, 7) is 5.95. The number of amides is 1. The highest BCUT2D eigenvalue weighted by molar-refractivity contribution is 5.94. The Hall–Kier alpha value is -2.62. The minimum Gasteiger partial charge on any atom is -0.436 e. The van der Waals surface area contributed by atoms with E-state index in [1.165, 1.54) is 0 Å². The Balaban J connectivity index is 1.92. The Labute approximate surface area is 135 Å². The van der Waals surface area contributed by atoms with Gasteiger partial charge in [0.05, 0.1) is 0 Å². The number of anilines is 1. The van der Waals surface area contributed by atoms with Gasteiger partial charge in [0, 0.05) is 17.2 Å². The van der Waals surface area contributed by atoms with Gasteiger partial charge in [-0.1, -0.05) is 32.0 Å². The molecule has 1 aromatic heterocycles. The SMILES string of the molecule is CCC(C)C(=O)Nc1ccc2oc(-c3ccccc3C)nc2c1. The minimum atomic E-state index is -0.00876. The summed E-state index contributed by atoms with van der Waals surface area (Å²) in [5, 5.41) is 2.92. The maximum atomic E-state index is 12.0. The van der Waals surface area contributed by atoms with E-state index in [4.69, 9.17) is 4.42 Å². The number of rotatable bonds is 4. The average molecular weight is 308 g/mol. The molecule has 4 nitrogen and oxygen atoms in total. The molecular weight excluding hydrogens is 288 g/mol. The Morgan fingerprint density at radius 3 is 2.78 bits per heavy atom. The van der Waals surface area contributed by atoms with Crippen molar-refractivity contribution >= 4 is 22.7 Å². The van der Waals surface area contributed by atoms with E-state index in [9.17, 15) is 4.79 Å². The Morgan fingerprint density at radius 2 is 2.04 bits per heavy atom. The van der Waals surface area contributed by atoms with E-state index in [0.29, 0.717) is 11.5 Å². The van der Waals surface area contributed by atoms with E-state index >= 15 is 0 Å². The smallest absolute Gasteiger partial charge is 0.227 e. The first-order chi connectivity index (χ1) is 11.1. The summed E-state index contributed by atoms with van der Waals surface area (Å²) in [5.41, 5.74) is 4.29. The molecule has 3 aromatic rings. The monoisotopic (exact) mass is 308 g/mol. The van der Waals surface area contributed by atoms with Crippen LogP contribution in [0.1, 0.15) is 25.8 Å². The van der Waals surface area contributed by atoms with Gasteiger partial charge in [-0.3, -0.25) is 4.79 Å². The van der Waals surface area contributed by atoms with Crippen LogP contribution in [0, 0.1) is 12.8 Å². The number of carbonyl (C=O) groups excluding carboxylic acids is 1. The normalized spacial score (nSPS) is 12.3. The summed E-state index contributed by atoms with van der Waals surface area (Å²) in [4.78, 5) is 16.6. The summed E-state index contributed by atoms with van der Waals surface area (Å²) < 4.78 is 5.84. The highest BCUT2D eigenvalue weighted by Crippen LogP contribution is 2.28. The topological polar surface area (TPSA) is 55.1 Å². The fourth-order valence-corrected chi connectivity index (χ4v) is 2.38. The summed E-state index contributed by atoms with van der Waals surface area (Å²) in [5.74, 6) is 0.614. The second kappa shape index (κ2) is 6.24. The van der Waals surface area contributed by atoms with E-state index in [2.05, 4.69) is 10.3 Å². The van der Waals surface area contributed by atoms with Gasteiger partial charge in [-0.25, -0.2) is 4.98 Å². The van der Waals surface area contributed by atoms with Gasteiger partial charge in [-0.2, -0.15) is 0 Å². The predicted molar refractivity (Wildman–Crippen MR) is 92.3 cm³/mol. The van der Waals surface area contributed by atoms with Gasteiger partial charge >= 0.3 is 0 Å². The third-order valence-corrected chi connectivity index (χ3v) is 4.09. The number of aromatic nitrogens is 1. The Kier molecular flexibility index (Phi) is 4.15. The van der Waals surface area contributed by atoms with Gasteiger partial charge in [0.2, 0.25) is 11.8 Å². The van der Waals surface area contributed by atoms with Crippen molar-refractivity contribution in [2.24, 2.45) is 5.92 Å². The molecule has 118 valence electrons. The quantitative estimate of drug-likeness (QED) is 0.754. The molecule has 1 amide bonds. The van der Waals surface area contributed by atoms with Crippen molar-refractivity contribution in [1.29, 1.82) is 0 Å². The number of nitrogens with zero attached hydrogens (tertiary/aromatic N) is 1. The lowest BCUT2D eigenvalue weighted by Gasteiger charge is -2.09. The van der Waals surface area contributed by atoms with Crippen molar-refractivity contribution in [3.05, 3.63) is 48.0 Å². The average Bonchev–Trinajstić information content (AvgIpc) is 2.97. The molecule has 23 heavy (non-hydrogen) atoms. The Bertz CT molecular complexity index is 851. The molecule has 0 saturated heterocycles. The first-order valence-corrected chi connectivity index (χ1v) is 7.86. The number of oxazole rings is 1. The van der Waals surface area contributed by atoms with Gasteiger partial charge in [-0.05, 0) is 43.2 Å². The molecule has 0 spiro atoms. The van der Waals surface area contributed by atoms with E-state index in [0.717, 1.165) is 28.8 Å². The molecule has 0 fully saturated rings. The summed E-state index contributed by atoms with van der Waals surface area (Å²) in [6, 6.07) is 13.5. The zero-order valence-corrected chi connectivity index (χ0v) is 13.6. The van der Waals surface area contributed by atoms with Crippen LogP contribution in [-0.4, -0.2) is 10.9 Å². The number of fused-ring (bicyclic) bond motifs is 1. The molecule has 0 aliphatic rings. The molecule has 4 heteroatoms. The van der Waals surface area contributed by atoms with Crippen LogP contribution in [0.2, 0.25) is 0 Å². The van der Waals surface area contributed by atoms with Crippen LogP contribution in [0.25, 0.3) is 22.6 Å². The maximum absolute atomic E-state index is 12.0. The summed E-state index contributed by atoms with van der Waals surface area (Å²) in [7, 11) is 0. The predicted octanol–water partition coefficient (Wildman–Crippen LogP) is 4.79. The third kappa shape index (κ3) is 3.11. The first-order valence-electron chi connectivity index (χ1n) is 7.86. The first kappa shape index (κ1) is 15.3. The van der Waals surface area contributed by atoms with E-state index < -0.39 is 0 Å². The molecule has 1 atom stereocenters. The van der Waals surface area contributed by atoms with Gasteiger partial charge in [0.25, 0.3) is 0 Å². The fraction of sp³-hybridized carbons (Fsp3) is 0.263. The van der Waals surface area contributed by atoms with Crippen LogP contribution in [-0.2, 0) is 4.79 Å². The zero-order chi connectivity index (χ0) is 16.4. The minimum absolute atomic E-state index is 0.00876. The lowest BCUT2D eigenvalue weighted by molar-refractivity contribution is -0.119. The van der Waals surface area contributed by atoms with Crippen molar-refractivity contribution in [1.82, 2.24) is 4.98 Å². The van der Waals surface area contributed by atoms with Crippen LogP contribution in [0.4, 0.5) is 5.69 Å². The maximum Gasteiger partial charge on any atom is 0.227 e. The van der Waals surface area contributed by atoms with Crippen molar-refractivity contribution in [2.75, 3.05) is 5.32 Å². The lowest BCUT2D eigenvalue weighted by atomic mass is 10.1. The molecule has 0 saturated carbocycles. The second-order valence-electron chi connectivity index (χ2n) is 5.81. The Morgan fingerprint density at radius 1 is 1.26 bits per heavy atom. The standard InChI is InChI=1S/C19H20N2O2/c1-4-12(2)18(22)20-14-9-10-17-16(11-14)21-19(23-17)15-8-6-5-7-13(15)3/h5-12H,4H2,1-3H3,(H,20,22). The van der Waals surface area contributed by atoms with Gasteiger partial charge in [0.15, 0.2) is 5.58 Å². The molecule has 3 rings (SSSR count). The molecule has 1 heterocycles. The fourth-order valence-electron chi connectivity index (χ4n) is 2.38. The van der Waals surface area contributed by atoms with Crippen molar-refractivity contribution in [3.63, 3.8) is 0 Å². The van der Waals surface area contributed by atoms with Gasteiger partial charge in [-0.15, -0.1) is 0 Å². The summed E-state index contributed by atoms with van der Waals surface area (Å²) >= 11 is 0. The van der Waals surface area contributed by atoms with E-state index in [1.54, 1.807) is 0 Å². The number of nitrogens with one attached hydrogen (secondary N) is 1. The highest BCUT2D eigenvalue weighted by Gasteiger charge is 2.13. The third-order valence-electron chi connectivity index (χ3n) is 4.09. The van der Waals surface area contributed by atoms with E-state index in [-0.39, 0.29) is 11.8 Å². The largest absolute Gasteiger partial charge is 0.436 e. The summed E-state index contributed by atoms with van der Waals surface area (Å²) in [6.07, 6.45) is 0.815. The van der Waals surface area contributed by atoms with Crippen LogP contribution in [0.15, 0.2) is 46.9 Å². The van der Waals surface area contributed by atoms with E-state index in [1.807, 2.05) is 63.2 Å². The van der Waals surface area contributed by atoms with Gasteiger partial charge in [0.1, 0.15) is 5.52 Å². The number of benzene rings is 2. The molecule has 0 aliphatic carbocycles. The molecule has 0 aliphatic heterocycles. The van der Waals surface area contributed by atoms with Crippen LogP contribution < -0.4 is 5.32 Å². The lowest BCUT2D eigenvalue weighted by Crippen LogP contribution is -2.19. The molecule has 2 aromatic carbocycles. The second-order valence-corrected chi connectivity index (χ2v) is 5.81. The van der Waals surface area contributed by atoms with Crippen LogP contribution >= 0.6 is 0 Å². The molecule has 1 unspecified atom stereocenters. The van der Waals surface area contributed by atoms with Crippen LogP contribution in [0.5, 0.6) is 0 Å². The number of hydrogen-bond acceptors (Lipinski definition) is 3. The number of hydrogen-bond donors (Lipinski definition) is 1. The van der Waals surface area contributed by atoms with Crippen molar-refractivity contribution in [2.45, 2.75) is 27.2 Å². The molecule has 0 radical (unpaired) electrons. The molecule has 1 N–H and O–H groups in total. The zero-order valence-electron chi connectivity index (χ0n) is 13.6. The van der Waals surface area contributed by atoms with Crippen LogP contribution in [0.3, 0.4) is 0 Å². The number of aryl methyl sites for hydroxylation is 1. The molecule has 0 bridgehead atoms. The highest BCUT2D eigenvalue weighted by atomic mass is 16.3. The number of carbonyl (C=O) groups is 1.